The smallest absolute Gasteiger partial charge is 0.267 e. The lowest BCUT2D eigenvalue weighted by atomic mass is 10.1. The summed E-state index contributed by atoms with van der Waals surface area (Å²) in [5, 5.41) is 8.39. The second-order valence-electron chi connectivity index (χ2n) is 5.66. The molecule has 0 spiro atoms. The summed E-state index contributed by atoms with van der Waals surface area (Å²) < 4.78 is 7.03. The molecule has 4 heterocycles. The number of nitrogens with one attached hydrogen (secondary N) is 1. The maximum Gasteiger partial charge on any atom is 0.267 e. The summed E-state index contributed by atoms with van der Waals surface area (Å²) in [6.45, 7) is 2.72. The van der Waals surface area contributed by atoms with Gasteiger partial charge in [-0.1, -0.05) is 0 Å². The monoisotopic (exact) mass is 324 g/mol. The number of ether oxygens (including phenoxy) is 1. The zero-order valence-electron chi connectivity index (χ0n) is 13.1. The largest absolute Gasteiger partial charge is 0.377 e. The van der Waals surface area contributed by atoms with Gasteiger partial charge in [0.05, 0.1) is 24.6 Å². The van der Waals surface area contributed by atoms with E-state index in [0.29, 0.717) is 30.5 Å². The van der Waals surface area contributed by atoms with E-state index in [0.717, 1.165) is 5.39 Å². The maximum absolute atomic E-state index is 12.1. The topological polar surface area (TPSA) is 94.8 Å². The first kappa shape index (κ1) is 14.7. The van der Waals surface area contributed by atoms with Gasteiger partial charge in [0, 0.05) is 18.5 Å². The first-order valence-electron chi connectivity index (χ1n) is 7.70. The zero-order chi connectivity index (χ0) is 16.5. The van der Waals surface area contributed by atoms with E-state index < -0.39 is 0 Å². The molecule has 3 aromatic rings. The molecule has 1 aliphatic heterocycles. The van der Waals surface area contributed by atoms with Crippen molar-refractivity contribution in [3.05, 3.63) is 52.8 Å². The van der Waals surface area contributed by atoms with E-state index in [4.69, 9.17) is 4.74 Å². The Labute approximate surface area is 137 Å². The fourth-order valence-electron chi connectivity index (χ4n) is 2.90. The molecule has 4 rings (SSSR count). The third kappa shape index (κ3) is 2.61. The van der Waals surface area contributed by atoms with Gasteiger partial charge in [0.1, 0.15) is 17.7 Å². The molecule has 122 valence electrons. The molecule has 2 unspecified atom stereocenters. The quantitative estimate of drug-likeness (QED) is 0.766. The van der Waals surface area contributed by atoms with Crippen molar-refractivity contribution in [1.29, 1.82) is 0 Å². The molecule has 1 fully saturated rings. The summed E-state index contributed by atoms with van der Waals surface area (Å²) in [5.74, 6) is 1.32. The summed E-state index contributed by atoms with van der Waals surface area (Å²) in [7, 11) is 0. The van der Waals surface area contributed by atoms with Crippen molar-refractivity contribution in [3.63, 3.8) is 0 Å². The number of aromatic nitrogens is 5. The van der Waals surface area contributed by atoms with Crippen LogP contribution in [-0.2, 0) is 4.74 Å². The third-order valence-electron chi connectivity index (χ3n) is 4.01. The number of aryl methyl sites for hydroxylation is 1. The minimum absolute atomic E-state index is 0.115. The van der Waals surface area contributed by atoms with Gasteiger partial charge in [-0.3, -0.25) is 4.79 Å². The van der Waals surface area contributed by atoms with E-state index in [1.54, 1.807) is 18.5 Å². The Kier molecular flexibility index (Phi) is 3.66. The van der Waals surface area contributed by atoms with Crippen LogP contribution >= 0.6 is 0 Å². The molecule has 1 aliphatic rings. The van der Waals surface area contributed by atoms with Crippen LogP contribution in [0.5, 0.6) is 0 Å². The molecule has 1 saturated heterocycles. The molecule has 2 atom stereocenters. The molecule has 1 N–H and O–H groups in total. The first-order chi connectivity index (χ1) is 11.7. The number of nitrogens with zero attached hydrogens (tertiary/aromatic N) is 5. The molecule has 8 heteroatoms. The Morgan fingerprint density at radius 3 is 2.96 bits per heavy atom. The predicted octanol–water partition coefficient (Wildman–Crippen LogP) is 0.942. The van der Waals surface area contributed by atoms with Crippen LogP contribution in [0.3, 0.4) is 0 Å². The van der Waals surface area contributed by atoms with Gasteiger partial charge in [0.25, 0.3) is 5.56 Å². The summed E-state index contributed by atoms with van der Waals surface area (Å²) in [4.78, 5) is 25.2. The molecule has 0 aliphatic carbocycles. The highest BCUT2D eigenvalue weighted by Gasteiger charge is 2.31. The van der Waals surface area contributed by atoms with E-state index in [1.807, 2.05) is 19.1 Å². The maximum atomic E-state index is 12.1. The van der Waals surface area contributed by atoms with Gasteiger partial charge in [-0.25, -0.2) is 19.6 Å². The highest BCUT2D eigenvalue weighted by atomic mass is 16.5. The number of fused-ring (bicyclic) bond motifs is 1. The normalized spacial score (nSPS) is 20.4. The van der Waals surface area contributed by atoms with Crippen LogP contribution in [0, 0.1) is 6.92 Å². The lowest BCUT2D eigenvalue weighted by molar-refractivity contribution is 0.182. The van der Waals surface area contributed by atoms with Crippen molar-refractivity contribution in [3.8, 4) is 0 Å². The van der Waals surface area contributed by atoms with Gasteiger partial charge >= 0.3 is 0 Å². The van der Waals surface area contributed by atoms with Crippen molar-refractivity contribution < 1.29 is 4.74 Å². The summed E-state index contributed by atoms with van der Waals surface area (Å²) in [6, 6.07) is 6.58. The Hall–Kier alpha value is -2.87. The number of hydrogen-bond donors (Lipinski definition) is 1. The molecule has 0 radical (unpaired) electrons. The second-order valence-corrected chi connectivity index (χ2v) is 5.66. The van der Waals surface area contributed by atoms with E-state index in [1.165, 1.54) is 10.7 Å². The predicted molar refractivity (Wildman–Crippen MR) is 87.8 cm³/mol. The molecule has 8 nitrogen and oxygen atoms in total. The minimum Gasteiger partial charge on any atom is -0.377 e. The van der Waals surface area contributed by atoms with Crippen molar-refractivity contribution in [2.75, 3.05) is 18.5 Å². The van der Waals surface area contributed by atoms with Gasteiger partial charge in [0.2, 0.25) is 0 Å². The number of rotatable bonds is 3. The van der Waals surface area contributed by atoms with Crippen LogP contribution in [0.1, 0.15) is 11.9 Å². The summed E-state index contributed by atoms with van der Waals surface area (Å²) >= 11 is 0. The lowest BCUT2D eigenvalue weighted by Crippen LogP contribution is -2.37. The molecule has 0 amide bonds. The van der Waals surface area contributed by atoms with Crippen molar-refractivity contribution in [2.24, 2.45) is 0 Å². The van der Waals surface area contributed by atoms with Crippen LogP contribution in [0.15, 0.2) is 41.5 Å². The van der Waals surface area contributed by atoms with Crippen molar-refractivity contribution in [2.45, 2.75) is 19.0 Å². The van der Waals surface area contributed by atoms with Crippen LogP contribution < -0.4 is 10.9 Å². The molecule has 3 aromatic heterocycles. The van der Waals surface area contributed by atoms with E-state index in [2.05, 4.69) is 25.4 Å². The third-order valence-corrected chi connectivity index (χ3v) is 4.01. The van der Waals surface area contributed by atoms with Crippen LogP contribution in [0.4, 0.5) is 5.82 Å². The van der Waals surface area contributed by atoms with Crippen LogP contribution in [0.2, 0.25) is 0 Å². The lowest BCUT2D eigenvalue weighted by Gasteiger charge is -2.21. The zero-order valence-corrected chi connectivity index (χ0v) is 13.1. The fraction of sp³-hybridized carbons (Fsp3) is 0.312. The van der Waals surface area contributed by atoms with E-state index in [-0.39, 0.29) is 17.6 Å². The van der Waals surface area contributed by atoms with Gasteiger partial charge < -0.3 is 10.1 Å². The van der Waals surface area contributed by atoms with Gasteiger partial charge in [-0.15, -0.1) is 0 Å². The molecular weight excluding hydrogens is 308 g/mol. The van der Waals surface area contributed by atoms with Crippen molar-refractivity contribution in [1.82, 2.24) is 24.7 Å². The van der Waals surface area contributed by atoms with Gasteiger partial charge in [0.15, 0.2) is 5.65 Å². The van der Waals surface area contributed by atoms with Crippen molar-refractivity contribution >= 4 is 16.9 Å². The Balaban J connectivity index is 1.70. The highest BCUT2D eigenvalue weighted by Crippen LogP contribution is 2.24. The van der Waals surface area contributed by atoms with E-state index >= 15 is 0 Å². The Morgan fingerprint density at radius 2 is 2.08 bits per heavy atom. The molecule has 0 saturated carbocycles. The Bertz CT molecular complexity index is 941. The molecule has 24 heavy (non-hydrogen) atoms. The number of pyridine rings is 1. The fourth-order valence-corrected chi connectivity index (χ4v) is 2.90. The summed E-state index contributed by atoms with van der Waals surface area (Å²) in [5.41, 5.74) is 0.489. The molecular formula is C16H16N6O2. The van der Waals surface area contributed by atoms with Crippen LogP contribution in [0.25, 0.3) is 11.0 Å². The standard InChI is InChI=1S/C16H16N6O2/c1-10-19-15-11(4-2-6-17-15)16(20-10)21-12-8-24-9-13(12)22-14(23)5-3-7-18-22/h2-7,12-13H,8-9H2,1H3,(H,17,19,20,21). The molecule has 0 bridgehead atoms. The van der Waals surface area contributed by atoms with Crippen LogP contribution in [-0.4, -0.2) is 44.0 Å². The number of anilines is 1. The second kappa shape index (κ2) is 5.97. The average Bonchev–Trinajstić information content (AvgIpc) is 3.03. The Morgan fingerprint density at radius 1 is 1.21 bits per heavy atom. The minimum atomic E-state index is -0.194. The average molecular weight is 324 g/mol. The van der Waals surface area contributed by atoms with Gasteiger partial charge in [-0.05, 0) is 25.1 Å². The SMILES string of the molecule is Cc1nc(NC2COCC2n2ncccc2=O)c2cccnc2n1. The van der Waals surface area contributed by atoms with E-state index in [9.17, 15) is 4.79 Å². The molecule has 0 aromatic carbocycles. The summed E-state index contributed by atoms with van der Waals surface area (Å²) in [6.07, 6.45) is 3.30. The number of hydrogen-bond acceptors (Lipinski definition) is 7. The van der Waals surface area contributed by atoms with Gasteiger partial charge in [-0.2, -0.15) is 5.10 Å². The first-order valence-corrected chi connectivity index (χ1v) is 7.70. The highest BCUT2D eigenvalue weighted by molar-refractivity contribution is 5.86.